The smallest absolute Gasteiger partial charge is 0.164 e. The van der Waals surface area contributed by atoms with Crippen LogP contribution in [0, 0.1) is 30.6 Å². The van der Waals surface area contributed by atoms with Gasteiger partial charge < -0.3 is 0 Å². The Morgan fingerprint density at radius 3 is 2.53 bits per heavy atom. The van der Waals surface area contributed by atoms with Gasteiger partial charge in [0.05, 0.1) is 0 Å². The maximum Gasteiger partial charge on any atom is 0.164 e. The predicted molar refractivity (Wildman–Crippen MR) is 78.7 cm³/mol. The molecule has 0 aliphatic rings. The van der Waals surface area contributed by atoms with Crippen LogP contribution in [0.15, 0.2) is 42.5 Å². The van der Waals surface area contributed by atoms with Crippen LogP contribution < -0.4 is 0 Å². The van der Waals surface area contributed by atoms with Crippen molar-refractivity contribution in [3.05, 3.63) is 48.0 Å². The Kier molecular flexibility index (Phi) is 4.01. The lowest BCUT2D eigenvalue weighted by atomic mass is 9.95. The van der Waals surface area contributed by atoms with E-state index in [2.05, 4.69) is 11.8 Å². The Hall–Kier alpha value is -2.51. The summed E-state index contributed by atoms with van der Waals surface area (Å²) in [5, 5.41) is 2.18. The first-order valence-electron chi connectivity index (χ1n) is 6.16. The molecule has 0 saturated heterocycles. The molecule has 0 aliphatic carbocycles. The number of hydrogen-bond acceptors (Lipinski definition) is 1. The second-order valence-corrected chi connectivity index (χ2v) is 4.46. The lowest BCUT2D eigenvalue weighted by Gasteiger charge is -2.07. The van der Waals surface area contributed by atoms with Crippen LogP contribution in [0.25, 0.3) is 10.8 Å². The Morgan fingerprint density at radius 2 is 1.84 bits per heavy atom. The van der Waals surface area contributed by atoms with E-state index in [0.717, 1.165) is 10.8 Å². The summed E-state index contributed by atoms with van der Waals surface area (Å²) in [5.41, 5.74) is 0.691. The van der Waals surface area contributed by atoms with Crippen molar-refractivity contribution in [1.82, 2.24) is 0 Å². The molecule has 2 aromatic rings. The summed E-state index contributed by atoms with van der Waals surface area (Å²) in [7, 11) is 0. The third-order valence-corrected chi connectivity index (χ3v) is 3.10. The molecule has 1 unspecified atom stereocenters. The van der Waals surface area contributed by atoms with Gasteiger partial charge in [-0.2, -0.15) is 0 Å². The van der Waals surface area contributed by atoms with Crippen molar-refractivity contribution in [3.63, 3.8) is 0 Å². The van der Waals surface area contributed by atoms with E-state index < -0.39 is 0 Å². The lowest BCUT2D eigenvalue weighted by molar-refractivity contribution is 0.0971. The summed E-state index contributed by atoms with van der Waals surface area (Å²) in [6, 6.07) is 13.6. The zero-order valence-corrected chi connectivity index (χ0v) is 10.6. The van der Waals surface area contributed by atoms with Crippen LogP contribution in [0.1, 0.15) is 23.2 Å². The van der Waals surface area contributed by atoms with Crippen molar-refractivity contribution in [3.8, 4) is 24.7 Å². The number of terminal acetylenes is 2. The van der Waals surface area contributed by atoms with Gasteiger partial charge in [-0.15, -0.1) is 24.7 Å². The fourth-order valence-corrected chi connectivity index (χ4v) is 2.04. The molecule has 0 bridgehead atoms. The van der Waals surface area contributed by atoms with Gasteiger partial charge in [0.2, 0.25) is 0 Å². The van der Waals surface area contributed by atoms with E-state index in [1.165, 1.54) is 0 Å². The first kappa shape index (κ1) is 12.9. The van der Waals surface area contributed by atoms with Crippen LogP contribution in [0.3, 0.4) is 0 Å². The Bertz CT molecular complexity index is 683. The topological polar surface area (TPSA) is 17.1 Å². The van der Waals surface area contributed by atoms with Crippen LogP contribution in [0.4, 0.5) is 0 Å². The molecule has 1 nitrogen and oxygen atoms in total. The number of carbonyl (C=O) groups excluding carboxylic acids is 1. The molecule has 92 valence electrons. The fourth-order valence-electron chi connectivity index (χ4n) is 2.04. The van der Waals surface area contributed by atoms with E-state index in [-0.39, 0.29) is 11.7 Å². The first-order valence-corrected chi connectivity index (χ1v) is 6.16. The van der Waals surface area contributed by atoms with Gasteiger partial charge in [-0.3, -0.25) is 4.79 Å². The van der Waals surface area contributed by atoms with Crippen LogP contribution >= 0.6 is 0 Å². The first-order chi connectivity index (χ1) is 9.24. The van der Waals surface area contributed by atoms with Gasteiger partial charge in [0.25, 0.3) is 0 Å². The average molecular weight is 246 g/mol. The van der Waals surface area contributed by atoms with Gasteiger partial charge in [-0.1, -0.05) is 36.4 Å². The quantitative estimate of drug-likeness (QED) is 0.594. The van der Waals surface area contributed by atoms with E-state index in [4.69, 9.17) is 12.8 Å². The Balaban J connectivity index is 2.22. The molecule has 0 saturated carbocycles. The normalized spacial score (nSPS) is 11.5. The molecular formula is C18H14O. The zero-order chi connectivity index (χ0) is 13.7. The van der Waals surface area contributed by atoms with Gasteiger partial charge in [0.15, 0.2) is 5.78 Å². The summed E-state index contributed by atoms with van der Waals surface area (Å²) in [4.78, 5) is 12.2. The third-order valence-electron chi connectivity index (χ3n) is 3.10. The number of hydrogen-bond donors (Lipinski definition) is 0. The number of ketones is 1. The van der Waals surface area contributed by atoms with Crippen LogP contribution in [-0.4, -0.2) is 5.78 Å². The second kappa shape index (κ2) is 5.89. The van der Waals surface area contributed by atoms with E-state index >= 15 is 0 Å². The summed E-state index contributed by atoms with van der Waals surface area (Å²) in [6.45, 7) is 0. The van der Waals surface area contributed by atoms with Crippen LogP contribution in [0.2, 0.25) is 0 Å². The second-order valence-electron chi connectivity index (χ2n) is 4.46. The Morgan fingerprint density at radius 1 is 1.11 bits per heavy atom. The highest BCUT2D eigenvalue weighted by molar-refractivity contribution is 6.00. The van der Waals surface area contributed by atoms with Crippen molar-refractivity contribution in [2.24, 2.45) is 5.92 Å². The number of fused-ring (bicyclic) bond motifs is 1. The van der Waals surface area contributed by atoms with E-state index in [1.54, 1.807) is 0 Å². The molecular weight excluding hydrogens is 232 g/mol. The molecule has 2 rings (SSSR count). The van der Waals surface area contributed by atoms with Gasteiger partial charge in [0.1, 0.15) is 0 Å². The monoisotopic (exact) mass is 246 g/mol. The van der Waals surface area contributed by atoms with Crippen molar-refractivity contribution in [2.45, 2.75) is 12.8 Å². The molecule has 1 heteroatoms. The highest BCUT2D eigenvalue weighted by Crippen LogP contribution is 2.18. The number of carbonyl (C=O) groups is 1. The summed E-state index contributed by atoms with van der Waals surface area (Å²) in [5.74, 6) is 4.96. The molecule has 0 radical (unpaired) electrons. The molecule has 1 atom stereocenters. The molecule has 0 amide bonds. The molecule has 0 heterocycles. The molecule has 2 aromatic carbocycles. The third kappa shape index (κ3) is 3.03. The predicted octanol–water partition coefficient (Wildman–Crippen LogP) is 3.69. The van der Waals surface area contributed by atoms with Crippen molar-refractivity contribution >= 4 is 16.6 Å². The highest BCUT2D eigenvalue weighted by atomic mass is 16.1. The van der Waals surface area contributed by atoms with Gasteiger partial charge in [-0.25, -0.2) is 0 Å². The molecule has 0 spiro atoms. The minimum Gasteiger partial charge on any atom is -0.294 e. The van der Waals surface area contributed by atoms with Crippen molar-refractivity contribution < 1.29 is 4.79 Å². The number of benzene rings is 2. The molecule has 0 fully saturated rings. The number of Topliss-reactive ketones (excluding diaryl/α,β-unsaturated/α-hetero) is 1. The molecule has 19 heavy (non-hydrogen) atoms. The Labute approximate surface area is 113 Å². The van der Waals surface area contributed by atoms with Gasteiger partial charge in [-0.05, 0) is 16.8 Å². The summed E-state index contributed by atoms with van der Waals surface area (Å²) in [6.07, 6.45) is 11.4. The fraction of sp³-hybridized carbons (Fsp3) is 0.167. The zero-order valence-electron chi connectivity index (χ0n) is 10.6. The number of rotatable bonds is 4. The molecule has 0 N–H and O–H groups in total. The van der Waals surface area contributed by atoms with Gasteiger partial charge >= 0.3 is 0 Å². The van der Waals surface area contributed by atoms with E-state index in [1.807, 2.05) is 42.5 Å². The minimum atomic E-state index is -0.177. The maximum atomic E-state index is 12.2. The SMILES string of the molecule is C#CCC(C#C)CC(=O)c1ccc2ccccc2c1. The lowest BCUT2D eigenvalue weighted by Crippen LogP contribution is -2.06. The van der Waals surface area contributed by atoms with Crippen LogP contribution in [0.5, 0.6) is 0 Å². The van der Waals surface area contributed by atoms with E-state index in [9.17, 15) is 4.79 Å². The highest BCUT2D eigenvalue weighted by Gasteiger charge is 2.12. The molecule has 0 aliphatic heterocycles. The van der Waals surface area contributed by atoms with E-state index in [0.29, 0.717) is 18.4 Å². The van der Waals surface area contributed by atoms with Gasteiger partial charge in [0, 0.05) is 24.3 Å². The standard InChI is InChI=1S/C18H14O/c1-3-7-14(4-2)12-18(19)17-11-10-15-8-5-6-9-16(15)13-17/h1-2,5-6,8-11,13-14H,7,12H2. The van der Waals surface area contributed by atoms with Crippen molar-refractivity contribution in [2.75, 3.05) is 0 Å². The average Bonchev–Trinajstić information content (AvgIpc) is 2.46. The van der Waals surface area contributed by atoms with Crippen molar-refractivity contribution in [1.29, 1.82) is 0 Å². The summed E-state index contributed by atoms with van der Waals surface area (Å²) < 4.78 is 0. The largest absolute Gasteiger partial charge is 0.294 e. The summed E-state index contributed by atoms with van der Waals surface area (Å²) >= 11 is 0. The maximum absolute atomic E-state index is 12.2. The van der Waals surface area contributed by atoms with Crippen LogP contribution in [-0.2, 0) is 0 Å². The minimum absolute atomic E-state index is 0.0453. The molecule has 0 aromatic heterocycles.